The molecule has 2 aliphatic heterocycles. The number of carbonyl (C=O) groups excluding carboxylic acids is 2. The SMILES string of the molecule is CC(C)C1N(C(=O)NCC2CCN(C(=O)c3ccccc3)CC2)CC12CC=CC2. The minimum absolute atomic E-state index is 0.0871. The van der Waals surface area contributed by atoms with Gasteiger partial charge in [-0.15, -0.1) is 0 Å². The van der Waals surface area contributed by atoms with Crippen molar-refractivity contribution in [1.82, 2.24) is 15.1 Å². The number of amides is 3. The molecule has 3 amide bonds. The first kappa shape index (κ1) is 20.0. The number of nitrogens with one attached hydrogen (secondary N) is 1. The molecular formula is C24H33N3O2. The zero-order valence-electron chi connectivity index (χ0n) is 17.6. The third kappa shape index (κ3) is 3.92. The molecule has 2 fully saturated rings. The van der Waals surface area contributed by atoms with E-state index >= 15 is 0 Å². The van der Waals surface area contributed by atoms with Crippen LogP contribution in [0.1, 0.15) is 49.9 Å². The van der Waals surface area contributed by atoms with E-state index in [-0.39, 0.29) is 17.4 Å². The largest absolute Gasteiger partial charge is 0.339 e. The molecule has 2 heterocycles. The van der Waals surface area contributed by atoms with Gasteiger partial charge in [-0.25, -0.2) is 4.79 Å². The molecule has 1 aliphatic carbocycles. The molecule has 156 valence electrons. The van der Waals surface area contributed by atoms with Crippen molar-refractivity contribution >= 4 is 11.9 Å². The van der Waals surface area contributed by atoms with Crippen molar-refractivity contribution in [3.8, 4) is 0 Å². The van der Waals surface area contributed by atoms with Gasteiger partial charge in [0.05, 0.1) is 0 Å². The van der Waals surface area contributed by atoms with Crippen molar-refractivity contribution in [1.29, 1.82) is 0 Å². The number of allylic oxidation sites excluding steroid dienone is 2. The summed E-state index contributed by atoms with van der Waals surface area (Å²) in [5.41, 5.74) is 1.04. The van der Waals surface area contributed by atoms with E-state index in [1.54, 1.807) is 0 Å². The van der Waals surface area contributed by atoms with E-state index in [2.05, 4.69) is 31.3 Å². The molecular weight excluding hydrogens is 362 g/mol. The molecule has 2 saturated heterocycles. The standard InChI is InChI=1S/C24H33N3O2/c1-18(2)21-24(12-6-7-13-24)17-27(21)23(29)25-16-19-10-14-26(15-11-19)22(28)20-8-4-3-5-9-20/h3-9,18-19,21H,10-17H2,1-2H3,(H,25,29). The van der Waals surface area contributed by atoms with Crippen molar-refractivity contribution < 1.29 is 9.59 Å². The van der Waals surface area contributed by atoms with E-state index in [1.807, 2.05) is 40.1 Å². The predicted molar refractivity (Wildman–Crippen MR) is 115 cm³/mol. The topological polar surface area (TPSA) is 52.7 Å². The van der Waals surface area contributed by atoms with Crippen LogP contribution in [0.4, 0.5) is 4.79 Å². The van der Waals surface area contributed by atoms with Crippen molar-refractivity contribution in [2.75, 3.05) is 26.2 Å². The highest BCUT2D eigenvalue weighted by molar-refractivity contribution is 5.94. The number of urea groups is 1. The number of benzene rings is 1. The normalized spacial score (nSPS) is 23.5. The lowest BCUT2D eigenvalue weighted by Gasteiger charge is -2.58. The first-order valence-electron chi connectivity index (χ1n) is 11.0. The molecule has 4 rings (SSSR count). The lowest BCUT2D eigenvalue weighted by Crippen LogP contribution is -2.69. The van der Waals surface area contributed by atoms with E-state index < -0.39 is 0 Å². The summed E-state index contributed by atoms with van der Waals surface area (Å²) in [5, 5.41) is 3.18. The van der Waals surface area contributed by atoms with Crippen molar-refractivity contribution in [2.24, 2.45) is 17.3 Å². The van der Waals surface area contributed by atoms with Crippen LogP contribution in [0.2, 0.25) is 0 Å². The Morgan fingerprint density at radius 3 is 2.38 bits per heavy atom. The smallest absolute Gasteiger partial charge is 0.317 e. The van der Waals surface area contributed by atoms with E-state index in [1.165, 1.54) is 0 Å². The number of carbonyl (C=O) groups is 2. The third-order valence-corrected chi connectivity index (χ3v) is 7.02. The Bertz CT molecular complexity index is 758. The van der Waals surface area contributed by atoms with Gasteiger partial charge in [0.2, 0.25) is 0 Å². The maximum absolute atomic E-state index is 12.8. The second-order valence-electron chi connectivity index (χ2n) is 9.35. The van der Waals surface area contributed by atoms with E-state index in [0.29, 0.717) is 24.4 Å². The highest BCUT2D eigenvalue weighted by Crippen LogP contribution is 2.50. The minimum Gasteiger partial charge on any atom is -0.339 e. The minimum atomic E-state index is 0.0871. The summed E-state index contributed by atoms with van der Waals surface area (Å²) in [6, 6.07) is 9.91. The first-order chi connectivity index (χ1) is 14.0. The van der Waals surface area contributed by atoms with E-state index in [9.17, 15) is 9.59 Å². The molecule has 1 N–H and O–H groups in total. The third-order valence-electron chi connectivity index (χ3n) is 7.02. The lowest BCUT2D eigenvalue weighted by molar-refractivity contribution is -0.0578. The van der Waals surface area contributed by atoms with Crippen LogP contribution in [-0.2, 0) is 0 Å². The van der Waals surface area contributed by atoms with Crippen LogP contribution in [0.15, 0.2) is 42.5 Å². The molecule has 0 radical (unpaired) electrons. The van der Waals surface area contributed by atoms with Crippen molar-refractivity contribution in [3.05, 3.63) is 48.0 Å². The predicted octanol–water partition coefficient (Wildman–Crippen LogP) is 3.93. The Morgan fingerprint density at radius 1 is 1.10 bits per heavy atom. The summed E-state index contributed by atoms with van der Waals surface area (Å²) in [7, 11) is 0. The first-order valence-corrected chi connectivity index (χ1v) is 11.0. The zero-order valence-corrected chi connectivity index (χ0v) is 17.6. The van der Waals surface area contributed by atoms with Crippen LogP contribution in [0.3, 0.4) is 0 Å². The molecule has 1 aromatic carbocycles. The van der Waals surface area contributed by atoms with Crippen molar-refractivity contribution in [3.63, 3.8) is 0 Å². The lowest BCUT2D eigenvalue weighted by atomic mass is 9.65. The summed E-state index contributed by atoms with van der Waals surface area (Å²) < 4.78 is 0. The fourth-order valence-electron chi connectivity index (χ4n) is 5.54. The molecule has 5 nitrogen and oxygen atoms in total. The fraction of sp³-hybridized carbons (Fsp3) is 0.583. The molecule has 0 saturated carbocycles. The van der Waals surface area contributed by atoms with Gasteiger partial charge in [-0.1, -0.05) is 44.2 Å². The molecule has 5 heteroatoms. The number of hydrogen-bond acceptors (Lipinski definition) is 2. The summed E-state index contributed by atoms with van der Waals surface area (Å²) >= 11 is 0. The molecule has 0 aromatic heterocycles. The molecule has 1 atom stereocenters. The number of rotatable bonds is 4. The Hall–Kier alpha value is -2.30. The van der Waals surface area contributed by atoms with Crippen LogP contribution in [0.5, 0.6) is 0 Å². The molecule has 1 aromatic rings. The van der Waals surface area contributed by atoms with Crippen LogP contribution in [-0.4, -0.2) is 54.0 Å². The van der Waals surface area contributed by atoms with Gasteiger partial charge in [0.15, 0.2) is 0 Å². The summed E-state index contributed by atoms with van der Waals surface area (Å²) in [4.78, 5) is 29.4. The summed E-state index contributed by atoms with van der Waals surface area (Å²) in [5.74, 6) is 1.03. The highest BCUT2D eigenvalue weighted by Gasteiger charge is 2.55. The van der Waals surface area contributed by atoms with Gasteiger partial charge in [-0.2, -0.15) is 0 Å². The maximum Gasteiger partial charge on any atom is 0.317 e. The number of likely N-dealkylation sites (tertiary alicyclic amines) is 2. The van der Waals surface area contributed by atoms with Crippen LogP contribution >= 0.6 is 0 Å². The van der Waals surface area contributed by atoms with Gasteiger partial charge >= 0.3 is 6.03 Å². The molecule has 29 heavy (non-hydrogen) atoms. The van der Waals surface area contributed by atoms with E-state index in [0.717, 1.165) is 50.9 Å². The average molecular weight is 396 g/mol. The van der Waals surface area contributed by atoms with Crippen LogP contribution < -0.4 is 5.32 Å². The number of piperidine rings is 1. The Balaban J connectivity index is 1.23. The van der Waals surface area contributed by atoms with Gasteiger partial charge in [-0.3, -0.25) is 4.79 Å². The van der Waals surface area contributed by atoms with Crippen molar-refractivity contribution in [2.45, 2.75) is 45.6 Å². The zero-order chi connectivity index (χ0) is 20.4. The second-order valence-corrected chi connectivity index (χ2v) is 9.35. The summed E-state index contributed by atoms with van der Waals surface area (Å²) in [6.07, 6.45) is 8.64. The van der Waals surface area contributed by atoms with Gasteiger partial charge in [0, 0.05) is 43.2 Å². The number of hydrogen-bond donors (Lipinski definition) is 1. The fourth-order valence-corrected chi connectivity index (χ4v) is 5.54. The maximum atomic E-state index is 12.8. The van der Waals surface area contributed by atoms with Crippen LogP contribution in [0.25, 0.3) is 0 Å². The Morgan fingerprint density at radius 2 is 1.76 bits per heavy atom. The molecule has 1 unspecified atom stereocenters. The number of nitrogens with zero attached hydrogens (tertiary/aromatic N) is 2. The molecule has 0 bridgehead atoms. The molecule has 3 aliphatic rings. The highest BCUT2D eigenvalue weighted by atomic mass is 16.2. The van der Waals surface area contributed by atoms with Gasteiger partial charge in [0.1, 0.15) is 0 Å². The van der Waals surface area contributed by atoms with Crippen LogP contribution in [0, 0.1) is 17.3 Å². The van der Waals surface area contributed by atoms with Gasteiger partial charge in [-0.05, 0) is 49.7 Å². The Kier molecular flexibility index (Phi) is 5.66. The Labute approximate surface area is 174 Å². The average Bonchev–Trinajstić information content (AvgIpc) is 3.22. The van der Waals surface area contributed by atoms with Gasteiger partial charge in [0.25, 0.3) is 5.91 Å². The van der Waals surface area contributed by atoms with E-state index in [4.69, 9.17) is 0 Å². The summed E-state index contributed by atoms with van der Waals surface area (Å²) in [6.45, 7) is 7.56. The molecule has 1 spiro atoms. The van der Waals surface area contributed by atoms with Gasteiger partial charge < -0.3 is 15.1 Å². The second kappa shape index (κ2) is 8.21. The quantitative estimate of drug-likeness (QED) is 0.786. The monoisotopic (exact) mass is 395 g/mol.